The SMILES string of the molecule is CCCCCCCCCCCCCCCCCCCCCOc1ccc(-c2ccc(C(=O)O)cc2)cc1[N+](=O)[O-]. The van der Waals surface area contributed by atoms with Gasteiger partial charge in [0.15, 0.2) is 5.75 Å². The number of nitro groups is 1. The van der Waals surface area contributed by atoms with Crippen LogP contribution in [0.25, 0.3) is 11.1 Å². The van der Waals surface area contributed by atoms with Gasteiger partial charge in [0.25, 0.3) is 0 Å². The molecule has 0 unspecified atom stereocenters. The molecule has 0 aliphatic rings. The topological polar surface area (TPSA) is 89.7 Å². The summed E-state index contributed by atoms with van der Waals surface area (Å²) in [5.74, 6) is -0.727. The summed E-state index contributed by atoms with van der Waals surface area (Å²) in [6.45, 7) is 2.74. The number of carboxylic acid groups (broad SMARTS) is 1. The molecule has 1 N–H and O–H groups in total. The van der Waals surface area contributed by atoms with E-state index in [4.69, 9.17) is 9.84 Å². The van der Waals surface area contributed by atoms with Crippen molar-refractivity contribution in [2.45, 2.75) is 129 Å². The molecule has 0 saturated heterocycles. The third-order valence-electron chi connectivity index (χ3n) is 7.63. The van der Waals surface area contributed by atoms with E-state index in [0.717, 1.165) is 18.4 Å². The van der Waals surface area contributed by atoms with Gasteiger partial charge in [-0.25, -0.2) is 4.79 Å². The molecular formula is C34H51NO5. The van der Waals surface area contributed by atoms with Gasteiger partial charge in [-0.05, 0) is 35.7 Å². The van der Waals surface area contributed by atoms with E-state index in [1.165, 1.54) is 127 Å². The van der Waals surface area contributed by atoms with Crippen LogP contribution >= 0.6 is 0 Å². The molecule has 0 saturated carbocycles. The highest BCUT2D eigenvalue weighted by Crippen LogP contribution is 2.32. The van der Waals surface area contributed by atoms with Crippen molar-refractivity contribution < 1.29 is 19.6 Å². The number of unbranched alkanes of at least 4 members (excludes halogenated alkanes) is 18. The van der Waals surface area contributed by atoms with Gasteiger partial charge in [0.2, 0.25) is 0 Å². The van der Waals surface area contributed by atoms with Crippen LogP contribution in [0.5, 0.6) is 5.75 Å². The number of hydrogen-bond donors (Lipinski definition) is 1. The van der Waals surface area contributed by atoms with E-state index in [-0.39, 0.29) is 17.0 Å². The van der Waals surface area contributed by atoms with Gasteiger partial charge in [-0.2, -0.15) is 0 Å². The summed E-state index contributed by atoms with van der Waals surface area (Å²) in [6, 6.07) is 11.2. The first-order chi connectivity index (χ1) is 19.5. The van der Waals surface area contributed by atoms with E-state index < -0.39 is 10.9 Å². The number of rotatable bonds is 24. The predicted molar refractivity (Wildman–Crippen MR) is 164 cm³/mol. The van der Waals surface area contributed by atoms with E-state index in [9.17, 15) is 14.9 Å². The Morgan fingerprint density at radius 3 is 1.52 bits per heavy atom. The lowest BCUT2D eigenvalue weighted by Crippen LogP contribution is -2.01. The Labute approximate surface area is 241 Å². The van der Waals surface area contributed by atoms with Crippen molar-refractivity contribution in [1.82, 2.24) is 0 Å². The molecule has 2 rings (SSSR count). The van der Waals surface area contributed by atoms with E-state index >= 15 is 0 Å². The van der Waals surface area contributed by atoms with Crippen LogP contribution in [0.15, 0.2) is 42.5 Å². The highest BCUT2D eigenvalue weighted by atomic mass is 16.6. The second-order valence-corrected chi connectivity index (χ2v) is 11.0. The molecule has 2 aromatic carbocycles. The molecule has 0 bridgehead atoms. The molecule has 6 nitrogen and oxygen atoms in total. The maximum absolute atomic E-state index is 11.6. The molecule has 0 radical (unpaired) electrons. The summed E-state index contributed by atoms with van der Waals surface area (Å²) in [7, 11) is 0. The zero-order valence-corrected chi connectivity index (χ0v) is 24.7. The minimum absolute atomic E-state index is 0.0717. The normalized spacial score (nSPS) is 11.0. The average Bonchev–Trinajstić information content (AvgIpc) is 2.96. The van der Waals surface area contributed by atoms with Crippen LogP contribution in [0.4, 0.5) is 5.69 Å². The smallest absolute Gasteiger partial charge is 0.335 e. The number of carboxylic acids is 1. The zero-order chi connectivity index (χ0) is 28.8. The van der Waals surface area contributed by atoms with Gasteiger partial charge < -0.3 is 9.84 Å². The first-order valence-corrected chi connectivity index (χ1v) is 15.8. The average molecular weight is 554 g/mol. The third kappa shape index (κ3) is 14.0. The Morgan fingerprint density at radius 2 is 1.10 bits per heavy atom. The minimum atomic E-state index is -1.00. The van der Waals surface area contributed by atoms with Crippen molar-refractivity contribution in [3.63, 3.8) is 0 Å². The number of ether oxygens (including phenoxy) is 1. The fraction of sp³-hybridized carbons (Fsp3) is 0.618. The van der Waals surface area contributed by atoms with Crippen LogP contribution in [0, 0.1) is 10.1 Å². The van der Waals surface area contributed by atoms with Gasteiger partial charge in [0.05, 0.1) is 17.1 Å². The second kappa shape index (κ2) is 20.9. The molecule has 6 heteroatoms. The van der Waals surface area contributed by atoms with Crippen LogP contribution in [0.2, 0.25) is 0 Å². The fourth-order valence-electron chi connectivity index (χ4n) is 5.13. The van der Waals surface area contributed by atoms with Crippen molar-refractivity contribution in [2.24, 2.45) is 0 Å². The van der Waals surface area contributed by atoms with E-state index in [1.807, 2.05) is 0 Å². The molecule has 0 spiro atoms. The number of carbonyl (C=O) groups is 1. The molecule has 222 valence electrons. The third-order valence-corrected chi connectivity index (χ3v) is 7.63. The van der Waals surface area contributed by atoms with Crippen molar-refractivity contribution in [2.75, 3.05) is 6.61 Å². The molecule has 0 heterocycles. The number of nitrogens with zero attached hydrogens (tertiary/aromatic N) is 1. The summed E-state index contributed by atoms with van der Waals surface area (Å²) in [4.78, 5) is 22.2. The van der Waals surface area contributed by atoms with Gasteiger partial charge in [-0.3, -0.25) is 10.1 Å². The van der Waals surface area contributed by atoms with Crippen molar-refractivity contribution >= 4 is 11.7 Å². The Morgan fingerprint density at radius 1 is 0.675 bits per heavy atom. The number of benzene rings is 2. The monoisotopic (exact) mass is 553 g/mol. The van der Waals surface area contributed by atoms with E-state index in [2.05, 4.69) is 6.92 Å². The first kappa shape index (κ1) is 33.3. The van der Waals surface area contributed by atoms with Gasteiger partial charge in [-0.15, -0.1) is 0 Å². The number of nitro benzene ring substituents is 1. The Hall–Kier alpha value is -2.89. The quantitative estimate of drug-likeness (QED) is 0.0793. The largest absolute Gasteiger partial charge is 0.487 e. The van der Waals surface area contributed by atoms with Crippen LogP contribution in [0.1, 0.15) is 139 Å². The van der Waals surface area contributed by atoms with Gasteiger partial charge in [0.1, 0.15) is 0 Å². The van der Waals surface area contributed by atoms with Gasteiger partial charge >= 0.3 is 11.7 Å². The summed E-state index contributed by atoms with van der Waals surface area (Å²) in [5.41, 5.74) is 1.48. The van der Waals surface area contributed by atoms with Crippen LogP contribution < -0.4 is 4.74 Å². The molecule has 40 heavy (non-hydrogen) atoms. The molecule has 2 aromatic rings. The maximum atomic E-state index is 11.6. The molecule has 0 aliphatic heterocycles. The molecule has 0 aliphatic carbocycles. The van der Waals surface area contributed by atoms with Crippen LogP contribution in [0.3, 0.4) is 0 Å². The number of aromatic carboxylic acids is 1. The summed E-state index contributed by atoms with van der Waals surface area (Å²) in [5, 5.41) is 20.7. The van der Waals surface area contributed by atoms with Crippen molar-refractivity contribution in [1.29, 1.82) is 0 Å². The molecule has 0 fully saturated rings. The van der Waals surface area contributed by atoms with Crippen molar-refractivity contribution in [3.05, 3.63) is 58.1 Å². The standard InChI is InChI=1S/C34H51NO5/c1-2-3-4-5-6-7-8-9-10-11-12-13-14-15-16-17-18-19-20-27-40-33-26-25-31(28-32(33)35(38)39)29-21-23-30(24-22-29)34(36)37/h21-26,28H,2-20,27H2,1H3,(H,36,37). The zero-order valence-electron chi connectivity index (χ0n) is 24.7. The second-order valence-electron chi connectivity index (χ2n) is 11.0. The number of hydrogen-bond acceptors (Lipinski definition) is 4. The van der Waals surface area contributed by atoms with Crippen LogP contribution in [-0.2, 0) is 0 Å². The first-order valence-electron chi connectivity index (χ1n) is 15.8. The Kier molecular flexibility index (Phi) is 17.4. The lowest BCUT2D eigenvalue weighted by Gasteiger charge is -2.09. The highest BCUT2D eigenvalue weighted by molar-refractivity contribution is 5.88. The summed E-state index contributed by atoms with van der Waals surface area (Å²) >= 11 is 0. The Bertz CT molecular complexity index is 973. The lowest BCUT2D eigenvalue weighted by molar-refractivity contribution is -0.385. The minimum Gasteiger partial charge on any atom is -0.487 e. The Balaban J connectivity index is 1.49. The van der Waals surface area contributed by atoms with Gasteiger partial charge in [-0.1, -0.05) is 141 Å². The van der Waals surface area contributed by atoms with E-state index in [1.54, 1.807) is 24.3 Å². The highest BCUT2D eigenvalue weighted by Gasteiger charge is 2.17. The van der Waals surface area contributed by atoms with Crippen molar-refractivity contribution in [3.8, 4) is 16.9 Å². The van der Waals surface area contributed by atoms with Crippen LogP contribution in [-0.4, -0.2) is 22.6 Å². The molecule has 0 amide bonds. The molecular weight excluding hydrogens is 502 g/mol. The van der Waals surface area contributed by atoms with E-state index in [0.29, 0.717) is 12.2 Å². The summed E-state index contributed by atoms with van der Waals surface area (Å²) < 4.78 is 5.75. The predicted octanol–water partition coefficient (Wildman–Crippen LogP) is 10.8. The fourth-order valence-corrected chi connectivity index (χ4v) is 5.13. The molecule has 0 aromatic heterocycles. The lowest BCUT2D eigenvalue weighted by atomic mass is 10.0. The maximum Gasteiger partial charge on any atom is 0.335 e. The summed E-state index contributed by atoms with van der Waals surface area (Å²) in [6.07, 6.45) is 25.2. The van der Waals surface area contributed by atoms with Gasteiger partial charge in [0, 0.05) is 6.07 Å². The molecule has 0 atom stereocenters.